The minimum Gasteiger partial charge on any atom is -0.480 e. The largest absolute Gasteiger partial charge is 0.480 e. The average molecular weight is 427 g/mol. The Hall–Kier alpha value is -2.70. The van der Waals surface area contributed by atoms with Crippen LogP contribution in [0.25, 0.3) is 0 Å². The van der Waals surface area contributed by atoms with Crippen LogP contribution in [-0.4, -0.2) is 28.4 Å². The summed E-state index contributed by atoms with van der Waals surface area (Å²) in [7, 11) is 0. The Bertz CT molecular complexity index is 992. The van der Waals surface area contributed by atoms with Crippen LogP contribution < -0.4 is 10.2 Å². The van der Waals surface area contributed by atoms with Crippen LogP contribution in [0.5, 0.6) is 0 Å². The maximum Gasteiger partial charge on any atom is 0.324 e. The van der Waals surface area contributed by atoms with Gasteiger partial charge in [-0.2, -0.15) is 0 Å². The molecule has 2 heterocycles. The Morgan fingerprint density at radius 3 is 2.30 bits per heavy atom. The summed E-state index contributed by atoms with van der Waals surface area (Å²) in [4.78, 5) is 40.7. The van der Waals surface area contributed by atoms with Crippen molar-refractivity contribution in [2.45, 2.75) is 31.8 Å². The highest BCUT2D eigenvalue weighted by molar-refractivity contribution is 6.30. The number of amides is 2. The Kier molecular flexibility index (Phi) is 5.16. The van der Waals surface area contributed by atoms with Gasteiger partial charge in [-0.1, -0.05) is 55.8 Å². The number of carboxylic acid groups (broad SMARTS) is 1. The van der Waals surface area contributed by atoms with Gasteiger partial charge in [0.2, 0.25) is 11.8 Å². The molecule has 7 heteroatoms. The standard InChI is InChI=1S/C23H23ClN2O4/c1-13(2)12-23(22(29)30)18-17(19(25-23)14-8-10-15(24)11-9-14)20(27)26(21(18)28)16-6-4-3-5-7-16/h3-11,13,17-19,25H,12H2,1-2H3,(H,29,30). The number of hydrogen-bond acceptors (Lipinski definition) is 4. The Balaban J connectivity index is 1.86. The number of carboxylic acids is 1. The van der Waals surface area contributed by atoms with Crippen LogP contribution in [0.4, 0.5) is 5.69 Å². The zero-order valence-electron chi connectivity index (χ0n) is 16.7. The first kappa shape index (κ1) is 20.6. The van der Waals surface area contributed by atoms with Gasteiger partial charge in [-0.05, 0) is 42.2 Å². The fourth-order valence-corrected chi connectivity index (χ4v) is 5.03. The monoisotopic (exact) mass is 426 g/mol. The van der Waals surface area contributed by atoms with Crippen molar-refractivity contribution in [3.63, 3.8) is 0 Å². The fourth-order valence-electron chi connectivity index (χ4n) is 4.91. The molecule has 4 rings (SSSR count). The minimum absolute atomic E-state index is 0.00638. The molecule has 2 fully saturated rings. The number of rotatable bonds is 5. The number of aliphatic carboxylic acids is 1. The SMILES string of the molecule is CC(C)CC1(C(=O)O)NC(c2ccc(Cl)cc2)C2C(=O)N(c3ccccc3)C(=O)C21. The highest BCUT2D eigenvalue weighted by Gasteiger charge is 2.68. The lowest BCUT2D eigenvalue weighted by molar-refractivity contribution is -0.149. The van der Waals surface area contributed by atoms with Crippen molar-refractivity contribution in [1.29, 1.82) is 0 Å². The molecule has 4 atom stereocenters. The van der Waals surface area contributed by atoms with E-state index >= 15 is 0 Å². The summed E-state index contributed by atoms with van der Waals surface area (Å²) in [5, 5.41) is 14.0. The summed E-state index contributed by atoms with van der Waals surface area (Å²) in [5.74, 6) is -3.76. The number of para-hydroxylation sites is 1. The third kappa shape index (κ3) is 3.11. The van der Waals surface area contributed by atoms with E-state index in [0.29, 0.717) is 10.7 Å². The lowest BCUT2D eigenvalue weighted by atomic mass is 9.75. The third-order valence-electron chi connectivity index (χ3n) is 6.01. The lowest BCUT2D eigenvalue weighted by Crippen LogP contribution is -2.56. The minimum atomic E-state index is -1.53. The first-order chi connectivity index (χ1) is 14.3. The molecule has 4 unspecified atom stereocenters. The van der Waals surface area contributed by atoms with Crippen LogP contribution in [0.2, 0.25) is 5.02 Å². The molecule has 30 heavy (non-hydrogen) atoms. The number of fused-ring (bicyclic) bond motifs is 1. The number of nitrogens with one attached hydrogen (secondary N) is 1. The molecule has 2 amide bonds. The van der Waals surface area contributed by atoms with Crippen molar-refractivity contribution in [3.05, 3.63) is 65.2 Å². The van der Waals surface area contributed by atoms with Crippen molar-refractivity contribution >= 4 is 35.1 Å². The summed E-state index contributed by atoms with van der Waals surface area (Å²) >= 11 is 6.02. The van der Waals surface area contributed by atoms with E-state index in [1.165, 1.54) is 0 Å². The molecule has 2 N–H and O–H groups in total. The summed E-state index contributed by atoms with van der Waals surface area (Å²) in [5.41, 5.74) is -0.336. The van der Waals surface area contributed by atoms with Crippen molar-refractivity contribution in [2.75, 3.05) is 4.90 Å². The van der Waals surface area contributed by atoms with Gasteiger partial charge in [0.15, 0.2) is 0 Å². The second kappa shape index (κ2) is 7.52. The van der Waals surface area contributed by atoms with E-state index in [1.807, 2.05) is 13.8 Å². The number of carbonyl (C=O) groups is 3. The Labute approximate surface area is 179 Å². The topological polar surface area (TPSA) is 86.7 Å². The summed E-state index contributed by atoms with van der Waals surface area (Å²) < 4.78 is 0. The van der Waals surface area contributed by atoms with Crippen LogP contribution in [-0.2, 0) is 14.4 Å². The molecule has 2 aromatic rings. The van der Waals surface area contributed by atoms with Gasteiger partial charge in [-0.25, -0.2) is 4.90 Å². The van der Waals surface area contributed by atoms with E-state index in [0.717, 1.165) is 10.5 Å². The van der Waals surface area contributed by atoms with Gasteiger partial charge in [-0.15, -0.1) is 0 Å². The van der Waals surface area contributed by atoms with Crippen LogP contribution in [0, 0.1) is 17.8 Å². The molecule has 2 aliphatic heterocycles. The molecule has 2 aliphatic rings. The zero-order chi connectivity index (χ0) is 21.6. The average Bonchev–Trinajstić information content (AvgIpc) is 3.17. The second-order valence-electron chi connectivity index (χ2n) is 8.40. The van der Waals surface area contributed by atoms with E-state index < -0.39 is 35.3 Å². The molecule has 0 radical (unpaired) electrons. The third-order valence-corrected chi connectivity index (χ3v) is 6.26. The molecule has 0 spiro atoms. The van der Waals surface area contributed by atoms with Crippen LogP contribution >= 0.6 is 11.6 Å². The quantitative estimate of drug-likeness (QED) is 0.712. The van der Waals surface area contributed by atoms with Crippen molar-refractivity contribution in [2.24, 2.45) is 17.8 Å². The molecule has 2 aromatic carbocycles. The van der Waals surface area contributed by atoms with Gasteiger partial charge in [-0.3, -0.25) is 19.7 Å². The smallest absolute Gasteiger partial charge is 0.324 e. The summed E-state index contributed by atoms with van der Waals surface area (Å²) in [6, 6.07) is 15.0. The highest BCUT2D eigenvalue weighted by Crippen LogP contribution is 2.51. The Morgan fingerprint density at radius 2 is 1.73 bits per heavy atom. The van der Waals surface area contributed by atoms with Gasteiger partial charge in [0, 0.05) is 11.1 Å². The normalized spacial score (nSPS) is 28.3. The van der Waals surface area contributed by atoms with E-state index in [1.54, 1.807) is 54.6 Å². The number of carbonyl (C=O) groups excluding carboxylic acids is 2. The fraction of sp³-hybridized carbons (Fsp3) is 0.348. The van der Waals surface area contributed by atoms with E-state index in [4.69, 9.17) is 11.6 Å². The first-order valence-electron chi connectivity index (χ1n) is 9.95. The van der Waals surface area contributed by atoms with Crippen LogP contribution in [0.1, 0.15) is 31.9 Å². The molecule has 0 aromatic heterocycles. The second-order valence-corrected chi connectivity index (χ2v) is 8.84. The number of imide groups is 1. The van der Waals surface area contributed by atoms with E-state index in [2.05, 4.69) is 5.32 Å². The number of benzene rings is 2. The lowest BCUT2D eigenvalue weighted by Gasteiger charge is -2.32. The van der Waals surface area contributed by atoms with Crippen LogP contribution in [0.15, 0.2) is 54.6 Å². The first-order valence-corrected chi connectivity index (χ1v) is 10.3. The number of anilines is 1. The molecule has 156 valence electrons. The van der Waals surface area contributed by atoms with Gasteiger partial charge in [0.1, 0.15) is 5.54 Å². The zero-order valence-corrected chi connectivity index (χ0v) is 17.5. The van der Waals surface area contributed by atoms with Crippen LogP contribution in [0.3, 0.4) is 0 Å². The van der Waals surface area contributed by atoms with E-state index in [9.17, 15) is 19.5 Å². The van der Waals surface area contributed by atoms with Crippen molar-refractivity contribution in [1.82, 2.24) is 5.32 Å². The van der Waals surface area contributed by atoms with Crippen molar-refractivity contribution < 1.29 is 19.5 Å². The summed E-state index contributed by atoms with van der Waals surface area (Å²) in [6.45, 7) is 3.82. The van der Waals surface area contributed by atoms with Gasteiger partial charge in [0.05, 0.1) is 17.5 Å². The molecule has 6 nitrogen and oxygen atoms in total. The molecular formula is C23H23ClN2O4. The Morgan fingerprint density at radius 1 is 1.10 bits per heavy atom. The van der Waals surface area contributed by atoms with Gasteiger partial charge in [0.25, 0.3) is 0 Å². The predicted octanol–water partition coefficient (Wildman–Crippen LogP) is 3.66. The molecule has 0 saturated carbocycles. The van der Waals surface area contributed by atoms with E-state index in [-0.39, 0.29) is 18.2 Å². The van der Waals surface area contributed by atoms with Crippen molar-refractivity contribution in [3.8, 4) is 0 Å². The molecule has 0 aliphatic carbocycles. The molecule has 0 bridgehead atoms. The summed E-state index contributed by atoms with van der Waals surface area (Å²) in [6.07, 6.45) is 0.231. The number of nitrogens with zero attached hydrogens (tertiary/aromatic N) is 1. The molecule has 2 saturated heterocycles. The van der Waals surface area contributed by atoms with Gasteiger partial charge < -0.3 is 5.11 Å². The number of hydrogen-bond donors (Lipinski definition) is 2. The van der Waals surface area contributed by atoms with Gasteiger partial charge >= 0.3 is 5.97 Å². The predicted molar refractivity (Wildman–Crippen MR) is 113 cm³/mol. The molecular weight excluding hydrogens is 404 g/mol. The maximum absolute atomic E-state index is 13.5. The highest BCUT2D eigenvalue weighted by atomic mass is 35.5. The maximum atomic E-state index is 13.5. The number of halogens is 1.